The van der Waals surface area contributed by atoms with Crippen molar-refractivity contribution in [3.05, 3.63) is 34.4 Å². The summed E-state index contributed by atoms with van der Waals surface area (Å²) in [4.78, 5) is 11.9. The SMILES string of the molecule is CCOC(=O)c1c(CBr)ccc(C#N)c1CC. The average molecular weight is 296 g/mol. The van der Waals surface area contributed by atoms with Crippen molar-refractivity contribution in [3.8, 4) is 6.07 Å². The van der Waals surface area contributed by atoms with E-state index in [1.54, 1.807) is 19.1 Å². The number of carbonyl (C=O) groups is 1. The summed E-state index contributed by atoms with van der Waals surface area (Å²) in [5.41, 5.74) is 2.70. The van der Waals surface area contributed by atoms with Crippen LogP contribution in [0.15, 0.2) is 12.1 Å². The quantitative estimate of drug-likeness (QED) is 0.633. The fourth-order valence-electron chi connectivity index (χ4n) is 1.74. The van der Waals surface area contributed by atoms with Crippen molar-refractivity contribution < 1.29 is 9.53 Å². The Bertz CT molecular complexity index is 463. The van der Waals surface area contributed by atoms with E-state index in [0.717, 1.165) is 11.1 Å². The van der Waals surface area contributed by atoms with E-state index in [0.29, 0.717) is 29.5 Å². The van der Waals surface area contributed by atoms with Gasteiger partial charge in [0.1, 0.15) is 0 Å². The number of hydrogen-bond acceptors (Lipinski definition) is 3. The number of halogens is 1. The Kier molecular flexibility index (Phi) is 5.17. The molecule has 0 N–H and O–H groups in total. The molecule has 1 aromatic carbocycles. The molecule has 0 bridgehead atoms. The lowest BCUT2D eigenvalue weighted by molar-refractivity contribution is 0.0524. The lowest BCUT2D eigenvalue weighted by Gasteiger charge is -2.12. The van der Waals surface area contributed by atoms with Crippen molar-refractivity contribution in [1.29, 1.82) is 5.26 Å². The van der Waals surface area contributed by atoms with Gasteiger partial charge in [-0.05, 0) is 30.5 Å². The average Bonchev–Trinajstić information content (AvgIpc) is 2.36. The molecule has 0 fully saturated rings. The number of rotatable bonds is 4. The zero-order valence-electron chi connectivity index (χ0n) is 9.92. The molecule has 0 aliphatic carbocycles. The Morgan fingerprint density at radius 2 is 2.18 bits per heavy atom. The number of benzene rings is 1. The molecule has 3 nitrogen and oxygen atoms in total. The van der Waals surface area contributed by atoms with Crippen LogP contribution in [0.2, 0.25) is 0 Å². The third-order valence-electron chi connectivity index (χ3n) is 2.50. The van der Waals surface area contributed by atoms with Gasteiger partial charge >= 0.3 is 5.97 Å². The van der Waals surface area contributed by atoms with Gasteiger partial charge in [-0.15, -0.1) is 0 Å². The van der Waals surface area contributed by atoms with E-state index in [-0.39, 0.29) is 5.97 Å². The maximum absolute atomic E-state index is 11.9. The molecule has 4 heteroatoms. The van der Waals surface area contributed by atoms with Crippen molar-refractivity contribution in [3.63, 3.8) is 0 Å². The van der Waals surface area contributed by atoms with Crippen molar-refractivity contribution >= 4 is 21.9 Å². The maximum Gasteiger partial charge on any atom is 0.338 e. The molecule has 0 unspecified atom stereocenters. The number of carbonyl (C=O) groups excluding carboxylic acids is 1. The van der Waals surface area contributed by atoms with E-state index >= 15 is 0 Å². The summed E-state index contributed by atoms with van der Waals surface area (Å²) in [5.74, 6) is -0.351. The molecule has 0 spiro atoms. The Hall–Kier alpha value is -1.34. The van der Waals surface area contributed by atoms with Crippen molar-refractivity contribution in [2.45, 2.75) is 25.6 Å². The van der Waals surface area contributed by atoms with Gasteiger partial charge in [0.25, 0.3) is 0 Å². The zero-order valence-corrected chi connectivity index (χ0v) is 11.5. The second-order valence-electron chi connectivity index (χ2n) is 3.45. The van der Waals surface area contributed by atoms with Gasteiger partial charge in [0.05, 0.1) is 23.8 Å². The molecule has 0 aromatic heterocycles. The molecule has 0 atom stereocenters. The number of hydrogen-bond donors (Lipinski definition) is 0. The summed E-state index contributed by atoms with van der Waals surface area (Å²) in [7, 11) is 0. The molecule has 90 valence electrons. The minimum Gasteiger partial charge on any atom is -0.462 e. The van der Waals surface area contributed by atoms with Gasteiger partial charge < -0.3 is 4.74 Å². The van der Waals surface area contributed by atoms with Gasteiger partial charge in [-0.2, -0.15) is 5.26 Å². The van der Waals surface area contributed by atoms with Crippen LogP contribution >= 0.6 is 15.9 Å². The molecular weight excluding hydrogens is 282 g/mol. The smallest absolute Gasteiger partial charge is 0.338 e. The lowest BCUT2D eigenvalue weighted by Crippen LogP contribution is -2.12. The van der Waals surface area contributed by atoms with Crippen LogP contribution in [0, 0.1) is 11.3 Å². The maximum atomic E-state index is 11.9. The lowest BCUT2D eigenvalue weighted by atomic mass is 9.95. The van der Waals surface area contributed by atoms with E-state index in [1.807, 2.05) is 6.92 Å². The standard InChI is InChI=1S/C13H14BrNO2/c1-3-11-10(8-15)6-5-9(7-14)12(11)13(16)17-4-2/h5-6H,3-4,7H2,1-2H3. The first kappa shape index (κ1) is 13.7. The van der Waals surface area contributed by atoms with Crippen LogP contribution < -0.4 is 0 Å². The highest BCUT2D eigenvalue weighted by molar-refractivity contribution is 9.08. The van der Waals surface area contributed by atoms with Gasteiger partial charge in [-0.1, -0.05) is 28.9 Å². The van der Waals surface area contributed by atoms with E-state index in [2.05, 4.69) is 22.0 Å². The largest absolute Gasteiger partial charge is 0.462 e. The summed E-state index contributed by atoms with van der Waals surface area (Å²) in [6.07, 6.45) is 0.637. The first-order chi connectivity index (χ1) is 8.19. The molecule has 0 saturated carbocycles. The van der Waals surface area contributed by atoms with Gasteiger partial charge in [0.15, 0.2) is 0 Å². The highest BCUT2D eigenvalue weighted by atomic mass is 79.9. The van der Waals surface area contributed by atoms with E-state index in [1.165, 1.54) is 0 Å². The van der Waals surface area contributed by atoms with Gasteiger partial charge in [-0.3, -0.25) is 0 Å². The Labute approximate surface area is 110 Å². The number of nitriles is 1. The number of ether oxygens (including phenoxy) is 1. The third kappa shape index (κ3) is 2.86. The summed E-state index contributed by atoms with van der Waals surface area (Å²) in [5, 5.41) is 9.60. The zero-order chi connectivity index (χ0) is 12.8. The van der Waals surface area contributed by atoms with E-state index < -0.39 is 0 Å². The summed E-state index contributed by atoms with van der Waals surface area (Å²) >= 11 is 3.35. The van der Waals surface area contributed by atoms with Crippen LogP contribution in [0.3, 0.4) is 0 Å². The Morgan fingerprint density at radius 3 is 2.65 bits per heavy atom. The molecule has 0 saturated heterocycles. The van der Waals surface area contributed by atoms with Gasteiger partial charge in [0.2, 0.25) is 0 Å². The first-order valence-electron chi connectivity index (χ1n) is 5.47. The van der Waals surface area contributed by atoms with Crippen molar-refractivity contribution in [2.24, 2.45) is 0 Å². The van der Waals surface area contributed by atoms with Crippen LogP contribution in [0.25, 0.3) is 0 Å². The minimum atomic E-state index is -0.351. The molecular formula is C13H14BrNO2. The van der Waals surface area contributed by atoms with Gasteiger partial charge in [-0.25, -0.2) is 4.79 Å². The molecule has 0 radical (unpaired) electrons. The first-order valence-corrected chi connectivity index (χ1v) is 6.59. The molecule has 17 heavy (non-hydrogen) atoms. The minimum absolute atomic E-state index is 0.334. The summed E-state index contributed by atoms with van der Waals surface area (Å²) < 4.78 is 5.04. The summed E-state index contributed by atoms with van der Waals surface area (Å²) in [6.45, 7) is 4.03. The monoisotopic (exact) mass is 295 g/mol. The molecule has 1 rings (SSSR count). The predicted octanol–water partition coefficient (Wildman–Crippen LogP) is 3.19. The molecule has 1 aromatic rings. The second-order valence-corrected chi connectivity index (χ2v) is 4.01. The Balaban J connectivity index is 3.41. The normalized spacial score (nSPS) is 9.76. The van der Waals surface area contributed by atoms with Gasteiger partial charge in [0, 0.05) is 5.33 Å². The fourth-order valence-corrected chi connectivity index (χ4v) is 2.20. The highest BCUT2D eigenvalue weighted by Crippen LogP contribution is 2.23. The molecule has 0 aliphatic rings. The summed E-state index contributed by atoms with van der Waals surface area (Å²) in [6, 6.07) is 5.65. The van der Waals surface area contributed by atoms with Crippen LogP contribution in [-0.2, 0) is 16.5 Å². The topological polar surface area (TPSA) is 50.1 Å². The second kappa shape index (κ2) is 6.41. The predicted molar refractivity (Wildman–Crippen MR) is 69.1 cm³/mol. The van der Waals surface area contributed by atoms with Crippen LogP contribution in [0.1, 0.15) is 40.9 Å². The van der Waals surface area contributed by atoms with Crippen LogP contribution in [0.5, 0.6) is 0 Å². The number of nitrogens with zero attached hydrogens (tertiary/aromatic N) is 1. The Morgan fingerprint density at radius 1 is 1.47 bits per heavy atom. The number of esters is 1. The fraction of sp³-hybridized carbons (Fsp3) is 0.385. The number of alkyl halides is 1. The molecule has 0 amide bonds. The van der Waals surface area contributed by atoms with Crippen LogP contribution in [-0.4, -0.2) is 12.6 Å². The molecule has 0 heterocycles. The van der Waals surface area contributed by atoms with Crippen LogP contribution in [0.4, 0.5) is 0 Å². The van der Waals surface area contributed by atoms with Crippen molar-refractivity contribution in [2.75, 3.05) is 6.61 Å². The highest BCUT2D eigenvalue weighted by Gasteiger charge is 2.19. The van der Waals surface area contributed by atoms with Crippen molar-refractivity contribution in [1.82, 2.24) is 0 Å². The van der Waals surface area contributed by atoms with E-state index in [9.17, 15) is 4.79 Å². The molecule has 0 aliphatic heterocycles. The third-order valence-corrected chi connectivity index (χ3v) is 3.10. The van der Waals surface area contributed by atoms with E-state index in [4.69, 9.17) is 10.00 Å².